The van der Waals surface area contributed by atoms with Crippen LogP contribution in [0.25, 0.3) is 11.3 Å². The van der Waals surface area contributed by atoms with Crippen molar-refractivity contribution < 1.29 is 9.32 Å². The van der Waals surface area contributed by atoms with Crippen molar-refractivity contribution >= 4 is 5.91 Å². The van der Waals surface area contributed by atoms with Gasteiger partial charge in [0.1, 0.15) is 5.69 Å². The molecule has 2 aliphatic rings. The number of carbonyl (C=O) groups excluding carboxylic acids is 1. The summed E-state index contributed by atoms with van der Waals surface area (Å²) in [6.45, 7) is 4.08. The van der Waals surface area contributed by atoms with Gasteiger partial charge in [0, 0.05) is 30.4 Å². The Hall–Kier alpha value is -2.11. The van der Waals surface area contributed by atoms with Crippen LogP contribution in [0, 0.1) is 24.7 Å². The fraction of sp³-hybridized carbons (Fsp3) is 0.611. The van der Waals surface area contributed by atoms with Gasteiger partial charge >= 0.3 is 0 Å². The molecular formula is C18H24N4O2. The third kappa shape index (κ3) is 2.54. The number of nitrogens with one attached hydrogen (secondary N) is 1. The van der Waals surface area contributed by atoms with Crippen LogP contribution in [0.4, 0.5) is 0 Å². The number of amides is 1. The maximum atomic E-state index is 12.5. The molecule has 2 fully saturated rings. The average molecular weight is 328 g/mol. The molecule has 0 aliphatic heterocycles. The Morgan fingerprint density at radius 1 is 1.42 bits per heavy atom. The van der Waals surface area contributed by atoms with Crippen molar-refractivity contribution in [3.8, 4) is 11.3 Å². The molecule has 2 heterocycles. The normalized spacial score (nSPS) is 26.7. The van der Waals surface area contributed by atoms with Gasteiger partial charge in [-0.3, -0.25) is 9.48 Å². The molecule has 0 spiro atoms. The zero-order valence-electron chi connectivity index (χ0n) is 14.5. The second kappa shape index (κ2) is 5.76. The van der Waals surface area contributed by atoms with E-state index >= 15 is 0 Å². The van der Waals surface area contributed by atoms with Crippen molar-refractivity contribution in [2.45, 2.75) is 45.6 Å². The lowest BCUT2D eigenvalue weighted by Crippen LogP contribution is -2.40. The smallest absolute Gasteiger partial charge is 0.290 e. The summed E-state index contributed by atoms with van der Waals surface area (Å²) in [4.78, 5) is 12.5. The van der Waals surface area contributed by atoms with E-state index in [2.05, 4.69) is 22.5 Å². The summed E-state index contributed by atoms with van der Waals surface area (Å²) in [5, 5.41) is 11.4. The van der Waals surface area contributed by atoms with Gasteiger partial charge < -0.3 is 9.84 Å². The van der Waals surface area contributed by atoms with Gasteiger partial charge in [0.15, 0.2) is 0 Å². The predicted molar refractivity (Wildman–Crippen MR) is 89.3 cm³/mol. The maximum Gasteiger partial charge on any atom is 0.290 e. The van der Waals surface area contributed by atoms with Crippen LogP contribution < -0.4 is 5.32 Å². The molecule has 1 N–H and O–H groups in total. The molecule has 4 atom stereocenters. The topological polar surface area (TPSA) is 73.0 Å². The molecule has 6 heteroatoms. The van der Waals surface area contributed by atoms with E-state index in [9.17, 15) is 4.79 Å². The number of carbonyl (C=O) groups is 1. The van der Waals surface area contributed by atoms with E-state index in [-0.39, 0.29) is 17.7 Å². The minimum Gasteiger partial charge on any atom is -0.350 e. The SMILES string of the molecule is Cc1c(-c2cc(C(=O)NC(C)C3CC4CCC3C4)on2)cnn1C. The molecular weight excluding hydrogens is 304 g/mol. The van der Waals surface area contributed by atoms with Gasteiger partial charge in [-0.2, -0.15) is 5.10 Å². The molecule has 0 saturated heterocycles. The summed E-state index contributed by atoms with van der Waals surface area (Å²) in [7, 11) is 1.88. The number of rotatable bonds is 4. The second-order valence-corrected chi connectivity index (χ2v) is 7.44. The molecule has 2 bridgehead atoms. The van der Waals surface area contributed by atoms with Gasteiger partial charge in [0.05, 0.1) is 6.20 Å². The Kier molecular flexibility index (Phi) is 3.70. The fourth-order valence-corrected chi connectivity index (χ4v) is 4.55. The fourth-order valence-electron chi connectivity index (χ4n) is 4.55. The van der Waals surface area contributed by atoms with Gasteiger partial charge in [-0.1, -0.05) is 11.6 Å². The lowest BCUT2D eigenvalue weighted by atomic mass is 9.84. The Labute approximate surface area is 141 Å². The molecule has 4 rings (SSSR count). The van der Waals surface area contributed by atoms with E-state index < -0.39 is 0 Å². The van der Waals surface area contributed by atoms with Gasteiger partial charge in [0.25, 0.3) is 5.91 Å². The Bertz CT molecular complexity index is 763. The number of fused-ring (bicyclic) bond motifs is 2. The average Bonchev–Trinajstić information content (AvgIpc) is 3.32. The molecule has 2 saturated carbocycles. The first-order valence-corrected chi connectivity index (χ1v) is 8.79. The molecule has 4 unspecified atom stereocenters. The molecule has 2 aliphatic carbocycles. The predicted octanol–water partition coefficient (Wildman–Crippen LogP) is 2.94. The largest absolute Gasteiger partial charge is 0.350 e. The number of hydrogen-bond donors (Lipinski definition) is 1. The highest BCUT2D eigenvalue weighted by atomic mass is 16.5. The summed E-state index contributed by atoms with van der Waals surface area (Å²) < 4.78 is 7.05. The molecule has 2 aromatic rings. The van der Waals surface area contributed by atoms with Gasteiger partial charge in [0.2, 0.25) is 5.76 Å². The highest BCUT2D eigenvalue weighted by Crippen LogP contribution is 2.49. The Morgan fingerprint density at radius 2 is 2.25 bits per heavy atom. The molecule has 128 valence electrons. The summed E-state index contributed by atoms with van der Waals surface area (Å²) in [5.74, 6) is 2.36. The van der Waals surface area contributed by atoms with E-state index in [0.29, 0.717) is 11.6 Å². The number of hydrogen-bond acceptors (Lipinski definition) is 4. The summed E-state index contributed by atoms with van der Waals surface area (Å²) in [6.07, 6.45) is 7.03. The zero-order valence-corrected chi connectivity index (χ0v) is 14.5. The van der Waals surface area contributed by atoms with E-state index in [4.69, 9.17) is 4.52 Å². The maximum absolute atomic E-state index is 12.5. The number of aryl methyl sites for hydroxylation is 1. The minimum absolute atomic E-state index is 0.175. The van der Waals surface area contributed by atoms with Crippen molar-refractivity contribution in [1.29, 1.82) is 0 Å². The van der Waals surface area contributed by atoms with Crippen LogP contribution in [0.1, 0.15) is 48.9 Å². The first-order chi connectivity index (χ1) is 11.5. The lowest BCUT2D eigenvalue weighted by Gasteiger charge is -2.28. The summed E-state index contributed by atoms with van der Waals surface area (Å²) >= 11 is 0. The van der Waals surface area contributed by atoms with Crippen molar-refractivity contribution in [2.75, 3.05) is 0 Å². The Morgan fingerprint density at radius 3 is 2.88 bits per heavy atom. The Balaban J connectivity index is 1.44. The summed E-state index contributed by atoms with van der Waals surface area (Å²) in [5.41, 5.74) is 2.53. The first kappa shape index (κ1) is 15.4. The monoisotopic (exact) mass is 328 g/mol. The van der Waals surface area contributed by atoms with Crippen LogP contribution in [0.2, 0.25) is 0 Å². The van der Waals surface area contributed by atoms with Crippen LogP contribution in [0.3, 0.4) is 0 Å². The lowest BCUT2D eigenvalue weighted by molar-refractivity contribution is 0.0878. The molecule has 24 heavy (non-hydrogen) atoms. The zero-order chi connectivity index (χ0) is 16.8. The molecule has 0 radical (unpaired) electrons. The number of nitrogens with zero attached hydrogens (tertiary/aromatic N) is 3. The van der Waals surface area contributed by atoms with Gasteiger partial charge in [-0.25, -0.2) is 0 Å². The first-order valence-electron chi connectivity index (χ1n) is 8.79. The quantitative estimate of drug-likeness (QED) is 0.936. The van der Waals surface area contributed by atoms with Gasteiger partial charge in [-0.15, -0.1) is 0 Å². The third-order valence-electron chi connectivity index (χ3n) is 6.04. The van der Waals surface area contributed by atoms with Crippen molar-refractivity contribution in [3.05, 3.63) is 23.7 Å². The van der Waals surface area contributed by atoms with E-state index in [1.165, 1.54) is 25.7 Å². The van der Waals surface area contributed by atoms with Crippen LogP contribution in [0.15, 0.2) is 16.8 Å². The highest BCUT2D eigenvalue weighted by molar-refractivity contribution is 5.92. The minimum atomic E-state index is -0.175. The third-order valence-corrected chi connectivity index (χ3v) is 6.04. The summed E-state index contributed by atoms with van der Waals surface area (Å²) in [6, 6.07) is 1.88. The second-order valence-electron chi connectivity index (χ2n) is 7.44. The van der Waals surface area contributed by atoms with E-state index in [0.717, 1.165) is 23.1 Å². The van der Waals surface area contributed by atoms with E-state index in [1.807, 2.05) is 14.0 Å². The molecule has 0 aromatic carbocycles. The number of aromatic nitrogens is 3. The standard InChI is InChI=1S/C18H24N4O2/c1-10(14-7-12-4-5-13(14)6-12)20-18(23)17-8-16(21-24-17)15-9-19-22(3)11(15)2/h8-10,12-14H,4-7H2,1-3H3,(H,20,23). The van der Waals surface area contributed by atoms with Crippen LogP contribution in [-0.4, -0.2) is 26.9 Å². The van der Waals surface area contributed by atoms with Crippen LogP contribution in [0.5, 0.6) is 0 Å². The molecule has 2 aromatic heterocycles. The molecule has 6 nitrogen and oxygen atoms in total. The highest BCUT2D eigenvalue weighted by Gasteiger charge is 2.42. The van der Waals surface area contributed by atoms with E-state index in [1.54, 1.807) is 16.9 Å². The van der Waals surface area contributed by atoms with Crippen LogP contribution >= 0.6 is 0 Å². The van der Waals surface area contributed by atoms with Gasteiger partial charge in [-0.05, 0) is 50.9 Å². The van der Waals surface area contributed by atoms with Crippen LogP contribution in [-0.2, 0) is 7.05 Å². The van der Waals surface area contributed by atoms with Crippen molar-refractivity contribution in [3.63, 3.8) is 0 Å². The van der Waals surface area contributed by atoms with Crippen molar-refractivity contribution in [2.24, 2.45) is 24.8 Å². The van der Waals surface area contributed by atoms with Crippen molar-refractivity contribution in [1.82, 2.24) is 20.3 Å². The molecule has 1 amide bonds.